The summed E-state index contributed by atoms with van der Waals surface area (Å²) in [7, 11) is 1.44. The molecular formula is C22H24O8. The molecule has 2 aromatic heterocycles. The highest BCUT2D eigenvalue weighted by atomic mass is 16.6. The maximum atomic E-state index is 12.2. The predicted molar refractivity (Wildman–Crippen MR) is 110 cm³/mol. The second-order valence-electron chi connectivity index (χ2n) is 7.35. The Kier molecular flexibility index (Phi) is 5.89. The van der Waals surface area contributed by atoms with Crippen LogP contribution in [0.5, 0.6) is 11.5 Å². The van der Waals surface area contributed by atoms with Crippen molar-refractivity contribution >= 4 is 27.9 Å². The number of aliphatic hydroxyl groups is 1. The molecule has 0 fully saturated rings. The van der Waals surface area contributed by atoms with Gasteiger partial charge in [0.05, 0.1) is 29.7 Å². The summed E-state index contributed by atoms with van der Waals surface area (Å²) in [4.78, 5) is 24.0. The van der Waals surface area contributed by atoms with Gasteiger partial charge in [0.15, 0.2) is 17.3 Å². The van der Waals surface area contributed by atoms with E-state index in [0.717, 1.165) is 0 Å². The number of hydrogen-bond donors (Lipinski definition) is 1. The topological polar surface area (TPSA) is 108 Å². The highest BCUT2D eigenvalue weighted by Crippen LogP contribution is 2.42. The number of esters is 1. The zero-order valence-corrected chi connectivity index (χ0v) is 17.5. The number of ether oxygens (including phenoxy) is 3. The van der Waals surface area contributed by atoms with Crippen LogP contribution in [0.1, 0.15) is 27.7 Å². The van der Waals surface area contributed by atoms with Crippen LogP contribution < -0.4 is 15.1 Å². The molecule has 0 amide bonds. The summed E-state index contributed by atoms with van der Waals surface area (Å²) >= 11 is 0. The van der Waals surface area contributed by atoms with Crippen LogP contribution >= 0.6 is 0 Å². The Balaban J connectivity index is 2.04. The number of fused-ring (bicyclic) bond motifs is 2. The average Bonchev–Trinajstić information content (AvgIpc) is 3.17. The van der Waals surface area contributed by atoms with Gasteiger partial charge in [-0.1, -0.05) is 6.08 Å². The standard InChI is InChI=1S/C22H24O8/c1-6-12(2)21(24)29-15(22(3,4)25)11-28-17-13-7-8-16(23)30-19(13)20(26-5)18-14(17)9-10-27-18/h6-10,15,25H,11H2,1-5H3/b12-6-. The Morgan fingerprint density at radius 1 is 1.20 bits per heavy atom. The smallest absolute Gasteiger partial charge is 0.336 e. The number of allylic oxidation sites excluding steroid dienone is 1. The molecule has 0 saturated heterocycles. The van der Waals surface area contributed by atoms with Crippen molar-refractivity contribution in [3.8, 4) is 11.5 Å². The molecule has 0 saturated carbocycles. The first-order chi connectivity index (χ1) is 14.2. The van der Waals surface area contributed by atoms with Gasteiger partial charge < -0.3 is 28.2 Å². The fraction of sp³-hybridized carbons (Fsp3) is 0.364. The van der Waals surface area contributed by atoms with Gasteiger partial charge in [-0.15, -0.1) is 0 Å². The molecule has 3 aromatic rings. The highest BCUT2D eigenvalue weighted by Gasteiger charge is 2.32. The fourth-order valence-electron chi connectivity index (χ4n) is 2.90. The minimum atomic E-state index is -1.37. The van der Waals surface area contributed by atoms with E-state index in [1.54, 1.807) is 32.1 Å². The molecule has 0 spiro atoms. The van der Waals surface area contributed by atoms with Crippen LogP contribution in [0.3, 0.4) is 0 Å². The summed E-state index contributed by atoms with van der Waals surface area (Å²) in [5, 5.41) is 11.5. The van der Waals surface area contributed by atoms with Crippen molar-refractivity contribution in [2.75, 3.05) is 13.7 Å². The lowest BCUT2D eigenvalue weighted by atomic mass is 10.0. The van der Waals surface area contributed by atoms with Crippen molar-refractivity contribution < 1.29 is 32.9 Å². The molecule has 1 aromatic carbocycles. The summed E-state index contributed by atoms with van der Waals surface area (Å²) in [5.41, 5.74) is -0.991. The van der Waals surface area contributed by atoms with Gasteiger partial charge >= 0.3 is 11.6 Å². The lowest BCUT2D eigenvalue weighted by Crippen LogP contribution is -2.44. The molecule has 1 N–H and O–H groups in total. The molecule has 8 heteroatoms. The number of carbonyl (C=O) groups excluding carboxylic acids is 1. The van der Waals surface area contributed by atoms with E-state index in [1.807, 2.05) is 0 Å². The van der Waals surface area contributed by atoms with Gasteiger partial charge in [0, 0.05) is 11.6 Å². The number of benzene rings is 1. The van der Waals surface area contributed by atoms with Crippen LogP contribution in [-0.2, 0) is 9.53 Å². The largest absolute Gasteiger partial charge is 0.490 e. The van der Waals surface area contributed by atoms with Crippen LogP contribution in [0.25, 0.3) is 21.9 Å². The van der Waals surface area contributed by atoms with Crippen LogP contribution in [0.2, 0.25) is 0 Å². The number of furan rings is 1. The van der Waals surface area contributed by atoms with Crippen LogP contribution in [0.4, 0.5) is 0 Å². The number of methoxy groups -OCH3 is 1. The Hall–Kier alpha value is -3.26. The van der Waals surface area contributed by atoms with E-state index in [4.69, 9.17) is 23.0 Å². The Morgan fingerprint density at radius 2 is 1.90 bits per heavy atom. The summed E-state index contributed by atoms with van der Waals surface area (Å²) < 4.78 is 27.7. The van der Waals surface area contributed by atoms with Crippen molar-refractivity contribution in [3.05, 3.63) is 46.5 Å². The fourth-order valence-corrected chi connectivity index (χ4v) is 2.90. The van der Waals surface area contributed by atoms with Crippen LogP contribution in [0, 0.1) is 0 Å². The zero-order valence-electron chi connectivity index (χ0n) is 17.5. The normalized spacial score (nSPS) is 13.5. The van der Waals surface area contributed by atoms with Gasteiger partial charge in [-0.2, -0.15) is 0 Å². The minimum absolute atomic E-state index is 0.146. The molecule has 8 nitrogen and oxygen atoms in total. The molecule has 1 atom stereocenters. The average molecular weight is 416 g/mol. The van der Waals surface area contributed by atoms with Crippen LogP contribution in [0.15, 0.2) is 49.7 Å². The van der Waals surface area contributed by atoms with Crippen molar-refractivity contribution in [2.24, 2.45) is 0 Å². The highest BCUT2D eigenvalue weighted by molar-refractivity contribution is 6.06. The summed E-state index contributed by atoms with van der Waals surface area (Å²) in [6.45, 7) is 6.25. The summed E-state index contributed by atoms with van der Waals surface area (Å²) in [6, 6.07) is 4.51. The molecule has 0 bridgehead atoms. The van der Waals surface area contributed by atoms with E-state index in [-0.39, 0.29) is 17.9 Å². The number of hydrogen-bond acceptors (Lipinski definition) is 8. The first kappa shape index (κ1) is 21.4. The van der Waals surface area contributed by atoms with E-state index in [9.17, 15) is 14.7 Å². The van der Waals surface area contributed by atoms with Crippen molar-refractivity contribution in [1.29, 1.82) is 0 Å². The van der Waals surface area contributed by atoms with E-state index < -0.39 is 23.3 Å². The molecule has 0 aliphatic carbocycles. The minimum Gasteiger partial charge on any atom is -0.490 e. The second-order valence-corrected chi connectivity index (χ2v) is 7.35. The molecular weight excluding hydrogens is 392 g/mol. The third kappa shape index (κ3) is 4.04. The third-order valence-electron chi connectivity index (χ3n) is 4.78. The van der Waals surface area contributed by atoms with E-state index in [1.165, 1.54) is 33.3 Å². The van der Waals surface area contributed by atoms with Crippen molar-refractivity contribution in [3.63, 3.8) is 0 Å². The molecule has 30 heavy (non-hydrogen) atoms. The van der Waals surface area contributed by atoms with E-state index in [2.05, 4.69) is 0 Å². The number of carbonyl (C=O) groups is 1. The predicted octanol–water partition coefficient (Wildman–Crippen LogP) is 3.58. The number of rotatable bonds is 7. The first-order valence-corrected chi connectivity index (χ1v) is 9.37. The Labute approximate surface area is 172 Å². The summed E-state index contributed by atoms with van der Waals surface area (Å²) in [5.74, 6) is 0.0721. The van der Waals surface area contributed by atoms with Crippen molar-refractivity contribution in [2.45, 2.75) is 39.4 Å². The van der Waals surface area contributed by atoms with Gasteiger partial charge in [0.1, 0.15) is 12.4 Å². The third-order valence-corrected chi connectivity index (χ3v) is 4.78. The zero-order chi connectivity index (χ0) is 22.1. The van der Waals surface area contributed by atoms with Gasteiger partial charge in [-0.05, 0) is 39.8 Å². The van der Waals surface area contributed by atoms with Crippen LogP contribution in [-0.4, -0.2) is 36.5 Å². The molecule has 0 aliphatic rings. The maximum absolute atomic E-state index is 12.2. The molecule has 1 unspecified atom stereocenters. The van der Waals surface area contributed by atoms with Gasteiger partial charge in [0.25, 0.3) is 0 Å². The Bertz CT molecular complexity index is 1160. The molecule has 0 radical (unpaired) electrons. The summed E-state index contributed by atoms with van der Waals surface area (Å²) in [6.07, 6.45) is 2.12. The monoisotopic (exact) mass is 416 g/mol. The maximum Gasteiger partial charge on any atom is 0.336 e. The van der Waals surface area contributed by atoms with Gasteiger partial charge in [0.2, 0.25) is 5.75 Å². The molecule has 3 rings (SSSR count). The molecule has 160 valence electrons. The van der Waals surface area contributed by atoms with E-state index >= 15 is 0 Å². The van der Waals surface area contributed by atoms with Gasteiger partial charge in [-0.25, -0.2) is 9.59 Å². The Morgan fingerprint density at radius 3 is 2.53 bits per heavy atom. The van der Waals surface area contributed by atoms with Gasteiger partial charge in [-0.3, -0.25) is 0 Å². The molecule has 2 heterocycles. The quantitative estimate of drug-likeness (QED) is 0.354. The molecule has 0 aliphatic heterocycles. The van der Waals surface area contributed by atoms with E-state index in [0.29, 0.717) is 27.7 Å². The first-order valence-electron chi connectivity index (χ1n) is 9.37. The second kappa shape index (κ2) is 8.23. The van der Waals surface area contributed by atoms with Crippen molar-refractivity contribution in [1.82, 2.24) is 0 Å². The SMILES string of the molecule is C/C=C(/C)C(=O)OC(COc1c2ccoc2c(OC)c2oc(=O)ccc12)C(C)(C)O. The lowest BCUT2D eigenvalue weighted by Gasteiger charge is -2.29. The lowest BCUT2D eigenvalue weighted by molar-refractivity contribution is -0.160.